The van der Waals surface area contributed by atoms with Gasteiger partial charge in [-0.2, -0.15) is 5.26 Å². The van der Waals surface area contributed by atoms with Crippen LogP contribution < -0.4 is 5.73 Å². The molecule has 0 aromatic heterocycles. The fourth-order valence-electron chi connectivity index (χ4n) is 2.29. The molecule has 6 heteroatoms. The van der Waals surface area contributed by atoms with Gasteiger partial charge in [0.2, 0.25) is 0 Å². The predicted molar refractivity (Wildman–Crippen MR) is 70.5 cm³/mol. The summed E-state index contributed by atoms with van der Waals surface area (Å²) in [4.78, 5) is 0. The second-order valence-electron chi connectivity index (χ2n) is 4.45. The molecule has 19 heavy (non-hydrogen) atoms. The number of rotatable bonds is 2. The van der Waals surface area contributed by atoms with Crippen LogP contribution in [-0.2, 0) is 4.74 Å². The predicted octanol–water partition coefficient (Wildman–Crippen LogP) is 2.25. The van der Waals surface area contributed by atoms with E-state index in [1.807, 2.05) is 0 Å². The summed E-state index contributed by atoms with van der Waals surface area (Å²) in [7, 11) is 0. The number of nitriles is 1. The van der Waals surface area contributed by atoms with Gasteiger partial charge in [0.25, 0.3) is 0 Å². The Bertz CT molecular complexity index is 484. The molecule has 0 unspecified atom stereocenters. The molecule has 0 saturated carbocycles. The molecular formula is C13H16ClFN2O2. The van der Waals surface area contributed by atoms with E-state index in [1.54, 1.807) is 6.07 Å². The van der Waals surface area contributed by atoms with Crippen molar-refractivity contribution in [3.63, 3.8) is 0 Å². The van der Waals surface area contributed by atoms with Crippen molar-refractivity contribution in [3.05, 3.63) is 29.1 Å². The van der Waals surface area contributed by atoms with Crippen molar-refractivity contribution in [1.82, 2.24) is 0 Å². The number of phenolic OH excluding ortho intramolecular Hbond substituents is 1. The SMILES string of the molecule is Cl.N#Cc1c(F)ccc([C@H](N)C2CCOCC2)c1O. The molecule has 0 bridgehead atoms. The van der Waals surface area contributed by atoms with Crippen molar-refractivity contribution >= 4 is 12.4 Å². The maximum atomic E-state index is 13.3. The number of halogens is 2. The van der Waals surface area contributed by atoms with Gasteiger partial charge in [-0.25, -0.2) is 4.39 Å². The van der Waals surface area contributed by atoms with E-state index < -0.39 is 11.9 Å². The van der Waals surface area contributed by atoms with Crippen LogP contribution in [-0.4, -0.2) is 18.3 Å². The summed E-state index contributed by atoms with van der Waals surface area (Å²) in [5.41, 5.74) is 6.19. The fourth-order valence-corrected chi connectivity index (χ4v) is 2.29. The highest BCUT2D eigenvalue weighted by atomic mass is 35.5. The molecule has 1 atom stereocenters. The molecule has 1 aliphatic rings. The van der Waals surface area contributed by atoms with E-state index in [4.69, 9.17) is 15.7 Å². The van der Waals surface area contributed by atoms with Crippen molar-refractivity contribution < 1.29 is 14.2 Å². The van der Waals surface area contributed by atoms with Gasteiger partial charge in [-0.05, 0) is 24.8 Å². The molecule has 2 rings (SSSR count). The lowest BCUT2D eigenvalue weighted by atomic mass is 9.86. The van der Waals surface area contributed by atoms with Gasteiger partial charge in [0.15, 0.2) is 0 Å². The van der Waals surface area contributed by atoms with Crippen LogP contribution in [0, 0.1) is 23.1 Å². The van der Waals surface area contributed by atoms with Crippen molar-refractivity contribution in [2.75, 3.05) is 13.2 Å². The molecule has 1 aromatic rings. The first-order valence-corrected chi connectivity index (χ1v) is 5.90. The van der Waals surface area contributed by atoms with Crippen LogP contribution in [0.4, 0.5) is 4.39 Å². The Morgan fingerprint density at radius 1 is 1.42 bits per heavy atom. The Labute approximate surface area is 117 Å². The van der Waals surface area contributed by atoms with Gasteiger partial charge in [0.1, 0.15) is 23.2 Å². The third-order valence-corrected chi connectivity index (χ3v) is 3.40. The second kappa shape index (κ2) is 6.71. The molecule has 1 fully saturated rings. The second-order valence-corrected chi connectivity index (χ2v) is 4.45. The summed E-state index contributed by atoms with van der Waals surface area (Å²) in [6.45, 7) is 1.29. The Morgan fingerprint density at radius 2 is 2.05 bits per heavy atom. The van der Waals surface area contributed by atoms with Crippen LogP contribution >= 0.6 is 12.4 Å². The highest BCUT2D eigenvalue weighted by molar-refractivity contribution is 5.85. The van der Waals surface area contributed by atoms with E-state index in [2.05, 4.69) is 0 Å². The molecule has 0 aliphatic carbocycles. The van der Waals surface area contributed by atoms with Gasteiger partial charge < -0.3 is 15.6 Å². The minimum atomic E-state index is -0.724. The van der Waals surface area contributed by atoms with Crippen molar-refractivity contribution in [1.29, 1.82) is 5.26 Å². The average Bonchev–Trinajstić information content (AvgIpc) is 2.40. The van der Waals surface area contributed by atoms with Crippen LogP contribution in [0.25, 0.3) is 0 Å². The smallest absolute Gasteiger partial charge is 0.144 e. The van der Waals surface area contributed by atoms with Crippen molar-refractivity contribution in [2.24, 2.45) is 11.7 Å². The Kier molecular flexibility index (Phi) is 5.55. The summed E-state index contributed by atoms with van der Waals surface area (Å²) in [5.74, 6) is -0.879. The summed E-state index contributed by atoms with van der Waals surface area (Å²) < 4.78 is 18.5. The normalized spacial score (nSPS) is 17.3. The fraction of sp³-hybridized carbons (Fsp3) is 0.462. The zero-order chi connectivity index (χ0) is 13.1. The highest BCUT2D eigenvalue weighted by Crippen LogP contribution is 2.35. The first-order chi connectivity index (χ1) is 8.65. The molecule has 4 nitrogen and oxygen atoms in total. The van der Waals surface area contributed by atoms with Crippen LogP contribution in [0.3, 0.4) is 0 Å². The van der Waals surface area contributed by atoms with Gasteiger partial charge in [0.05, 0.1) is 0 Å². The molecule has 104 valence electrons. The van der Waals surface area contributed by atoms with Gasteiger partial charge in [0, 0.05) is 24.8 Å². The van der Waals surface area contributed by atoms with E-state index >= 15 is 0 Å². The Balaban J connectivity index is 0.00000180. The summed E-state index contributed by atoms with van der Waals surface area (Å²) in [5, 5.41) is 18.7. The minimum Gasteiger partial charge on any atom is -0.506 e. The summed E-state index contributed by atoms with van der Waals surface area (Å²) >= 11 is 0. The summed E-state index contributed by atoms with van der Waals surface area (Å²) in [6, 6.07) is 3.88. The molecular weight excluding hydrogens is 271 g/mol. The third-order valence-electron chi connectivity index (χ3n) is 3.40. The van der Waals surface area contributed by atoms with Crippen LogP contribution in [0.2, 0.25) is 0 Å². The van der Waals surface area contributed by atoms with Crippen molar-refractivity contribution in [2.45, 2.75) is 18.9 Å². The number of hydrogen-bond acceptors (Lipinski definition) is 4. The molecule has 1 saturated heterocycles. The monoisotopic (exact) mass is 286 g/mol. The highest BCUT2D eigenvalue weighted by Gasteiger charge is 2.26. The van der Waals surface area contributed by atoms with Crippen molar-refractivity contribution in [3.8, 4) is 11.8 Å². The first-order valence-electron chi connectivity index (χ1n) is 5.90. The van der Waals surface area contributed by atoms with Gasteiger partial charge in [-0.1, -0.05) is 6.07 Å². The quantitative estimate of drug-likeness (QED) is 0.874. The van der Waals surface area contributed by atoms with E-state index in [-0.39, 0.29) is 29.6 Å². The van der Waals surface area contributed by atoms with Gasteiger partial charge >= 0.3 is 0 Å². The van der Waals surface area contributed by atoms with Crippen LogP contribution in [0.15, 0.2) is 12.1 Å². The standard InChI is InChI=1S/C13H15FN2O2.ClH/c14-11-2-1-9(13(17)10(11)7-15)12(16)8-3-5-18-6-4-8;/h1-2,8,12,17H,3-6,16H2;1H/t12-;/m1./s1. The molecule has 1 aromatic carbocycles. The number of ether oxygens (including phenoxy) is 1. The number of nitrogens with zero attached hydrogens (tertiary/aromatic N) is 1. The maximum absolute atomic E-state index is 13.3. The minimum absolute atomic E-state index is 0. The van der Waals surface area contributed by atoms with E-state index in [0.717, 1.165) is 12.8 Å². The molecule has 0 amide bonds. The van der Waals surface area contributed by atoms with Crippen LogP contribution in [0.1, 0.15) is 30.0 Å². The average molecular weight is 287 g/mol. The van der Waals surface area contributed by atoms with Gasteiger partial charge in [-0.15, -0.1) is 12.4 Å². The molecule has 0 radical (unpaired) electrons. The molecule has 3 N–H and O–H groups in total. The lowest BCUT2D eigenvalue weighted by molar-refractivity contribution is 0.0581. The lowest BCUT2D eigenvalue weighted by Gasteiger charge is -2.28. The molecule has 1 aliphatic heterocycles. The summed E-state index contributed by atoms with van der Waals surface area (Å²) in [6.07, 6.45) is 1.61. The number of nitrogens with two attached hydrogens (primary N) is 1. The molecule has 0 spiro atoms. The maximum Gasteiger partial charge on any atom is 0.144 e. The third kappa shape index (κ3) is 3.16. The van der Waals surface area contributed by atoms with E-state index in [1.165, 1.54) is 12.1 Å². The largest absolute Gasteiger partial charge is 0.506 e. The first kappa shape index (κ1) is 15.7. The number of benzene rings is 1. The van der Waals surface area contributed by atoms with Gasteiger partial charge in [-0.3, -0.25) is 0 Å². The zero-order valence-electron chi connectivity index (χ0n) is 10.3. The number of aromatic hydroxyl groups is 1. The van der Waals surface area contributed by atoms with E-state index in [0.29, 0.717) is 18.8 Å². The zero-order valence-corrected chi connectivity index (χ0v) is 11.1. The topological polar surface area (TPSA) is 79.3 Å². The van der Waals surface area contributed by atoms with E-state index in [9.17, 15) is 9.50 Å². The molecule has 1 heterocycles. The van der Waals surface area contributed by atoms with Crippen LogP contribution in [0.5, 0.6) is 5.75 Å². The Hall–Kier alpha value is -1.35. The number of phenols is 1. The Morgan fingerprint density at radius 3 is 2.63 bits per heavy atom. The number of hydrogen-bond donors (Lipinski definition) is 2. The lowest BCUT2D eigenvalue weighted by Crippen LogP contribution is -2.27.